The second kappa shape index (κ2) is 6.00. The largest absolute Gasteiger partial charge is 0.397 e. The molecule has 0 saturated heterocycles. The lowest BCUT2D eigenvalue weighted by Gasteiger charge is -2.23. The predicted octanol–water partition coefficient (Wildman–Crippen LogP) is 3.78. The summed E-state index contributed by atoms with van der Waals surface area (Å²) < 4.78 is 0. The van der Waals surface area contributed by atoms with E-state index in [1.165, 1.54) is 0 Å². The van der Waals surface area contributed by atoms with Crippen molar-refractivity contribution in [3.05, 3.63) is 22.2 Å². The van der Waals surface area contributed by atoms with E-state index in [2.05, 4.69) is 26.1 Å². The summed E-state index contributed by atoms with van der Waals surface area (Å²) in [5.74, 6) is 0. The van der Waals surface area contributed by atoms with Gasteiger partial charge in [-0.05, 0) is 24.0 Å². The van der Waals surface area contributed by atoms with Crippen molar-refractivity contribution in [1.82, 2.24) is 0 Å². The van der Waals surface area contributed by atoms with Crippen molar-refractivity contribution in [1.29, 1.82) is 0 Å². The van der Waals surface area contributed by atoms with Crippen LogP contribution in [0.4, 0.5) is 11.4 Å². The Labute approximate surface area is 118 Å². The van der Waals surface area contributed by atoms with Crippen LogP contribution in [0.25, 0.3) is 0 Å². The van der Waals surface area contributed by atoms with Gasteiger partial charge in [-0.2, -0.15) is 0 Å². The van der Waals surface area contributed by atoms with E-state index in [0.717, 1.165) is 0 Å². The van der Waals surface area contributed by atoms with Crippen molar-refractivity contribution in [3.63, 3.8) is 0 Å². The van der Waals surface area contributed by atoms with Gasteiger partial charge in [0, 0.05) is 6.54 Å². The van der Waals surface area contributed by atoms with Crippen LogP contribution in [-0.4, -0.2) is 17.8 Å². The molecular weight excluding hydrogens is 271 g/mol. The Bertz CT molecular complexity index is 416. The van der Waals surface area contributed by atoms with E-state index in [-0.39, 0.29) is 5.41 Å². The highest BCUT2D eigenvalue weighted by Crippen LogP contribution is 2.31. The minimum Gasteiger partial charge on any atom is -0.397 e. The maximum absolute atomic E-state index is 9.90. The molecule has 0 aliphatic heterocycles. The molecule has 0 spiro atoms. The molecule has 0 radical (unpaired) electrons. The lowest BCUT2D eigenvalue weighted by Crippen LogP contribution is -2.25. The molecule has 0 amide bonds. The van der Waals surface area contributed by atoms with Gasteiger partial charge in [-0.1, -0.05) is 44.0 Å². The summed E-state index contributed by atoms with van der Waals surface area (Å²) in [6.07, 6.45) is 0.278. The molecule has 0 aliphatic rings. The molecule has 3 nitrogen and oxygen atoms in total. The van der Waals surface area contributed by atoms with Crippen LogP contribution in [0.3, 0.4) is 0 Å². The number of rotatable bonds is 4. The van der Waals surface area contributed by atoms with Crippen molar-refractivity contribution < 1.29 is 5.11 Å². The van der Waals surface area contributed by atoms with Gasteiger partial charge >= 0.3 is 0 Å². The monoisotopic (exact) mass is 290 g/mol. The van der Waals surface area contributed by atoms with Crippen molar-refractivity contribution >= 4 is 34.6 Å². The Hall–Kier alpha value is -0.640. The average molecular weight is 291 g/mol. The van der Waals surface area contributed by atoms with Crippen molar-refractivity contribution in [2.24, 2.45) is 5.41 Å². The number of nitrogen functional groups attached to an aromatic ring is 1. The number of benzene rings is 1. The predicted molar refractivity (Wildman–Crippen MR) is 79.4 cm³/mol. The number of aliphatic hydroxyl groups excluding tert-OH is 1. The Morgan fingerprint density at radius 2 is 1.83 bits per heavy atom. The van der Waals surface area contributed by atoms with Crippen LogP contribution in [0, 0.1) is 5.41 Å². The summed E-state index contributed by atoms with van der Waals surface area (Å²) >= 11 is 11.8. The summed E-state index contributed by atoms with van der Waals surface area (Å²) in [5.41, 5.74) is 7.12. The molecule has 0 saturated carbocycles. The summed E-state index contributed by atoms with van der Waals surface area (Å²) in [6.45, 7) is 6.69. The van der Waals surface area contributed by atoms with E-state index in [9.17, 15) is 5.11 Å². The van der Waals surface area contributed by atoms with Gasteiger partial charge in [-0.25, -0.2) is 0 Å². The number of nitrogens with two attached hydrogens (primary N) is 1. The fourth-order valence-corrected chi connectivity index (χ4v) is 2.06. The Balaban J connectivity index is 2.61. The van der Waals surface area contributed by atoms with Crippen molar-refractivity contribution in [2.75, 3.05) is 17.6 Å². The van der Waals surface area contributed by atoms with Crippen LogP contribution in [0.2, 0.25) is 10.0 Å². The molecule has 0 aliphatic carbocycles. The first kappa shape index (κ1) is 15.4. The van der Waals surface area contributed by atoms with Crippen LogP contribution in [0.15, 0.2) is 12.1 Å². The fraction of sp³-hybridized carbons (Fsp3) is 0.538. The zero-order valence-corrected chi connectivity index (χ0v) is 12.4. The number of aliphatic hydroxyl groups is 1. The van der Waals surface area contributed by atoms with Crippen LogP contribution < -0.4 is 11.1 Å². The van der Waals surface area contributed by atoms with Crippen molar-refractivity contribution in [3.8, 4) is 0 Å². The molecule has 0 heterocycles. The summed E-state index contributed by atoms with van der Waals surface area (Å²) in [6, 6.07) is 3.27. The van der Waals surface area contributed by atoms with Crippen LogP contribution in [0.1, 0.15) is 27.2 Å². The van der Waals surface area contributed by atoms with Gasteiger partial charge in [0.25, 0.3) is 0 Å². The number of anilines is 2. The Morgan fingerprint density at radius 3 is 2.39 bits per heavy atom. The molecule has 5 heteroatoms. The van der Waals surface area contributed by atoms with Crippen LogP contribution >= 0.6 is 23.2 Å². The lowest BCUT2D eigenvalue weighted by molar-refractivity contribution is 0.132. The highest BCUT2D eigenvalue weighted by Gasteiger charge is 2.16. The first-order chi connectivity index (χ1) is 8.19. The van der Waals surface area contributed by atoms with Gasteiger partial charge in [0.2, 0.25) is 0 Å². The number of nitrogens with one attached hydrogen (secondary N) is 1. The van der Waals surface area contributed by atoms with Gasteiger partial charge in [-0.3, -0.25) is 0 Å². The quantitative estimate of drug-likeness (QED) is 0.740. The zero-order valence-electron chi connectivity index (χ0n) is 10.9. The molecule has 1 aromatic rings. The molecule has 0 bridgehead atoms. The smallest absolute Gasteiger partial charge is 0.0717 e. The van der Waals surface area contributed by atoms with Crippen LogP contribution in [0.5, 0.6) is 0 Å². The van der Waals surface area contributed by atoms with Gasteiger partial charge in [-0.15, -0.1) is 0 Å². The van der Waals surface area contributed by atoms with E-state index in [1.54, 1.807) is 12.1 Å². The maximum Gasteiger partial charge on any atom is 0.0717 e. The normalized spacial score (nSPS) is 13.4. The molecule has 4 N–H and O–H groups in total. The summed E-state index contributed by atoms with van der Waals surface area (Å²) in [4.78, 5) is 0. The minimum atomic E-state index is -0.432. The highest BCUT2D eigenvalue weighted by atomic mass is 35.5. The molecule has 102 valence electrons. The standard InChI is InChI=1S/C13H20Cl2N2O/c1-13(2,3)6-8(18)7-17-12-5-10(15)9(14)4-11(12)16/h4-5,8,17-18H,6-7,16H2,1-3H3. The lowest BCUT2D eigenvalue weighted by atomic mass is 9.89. The fourth-order valence-electron chi connectivity index (χ4n) is 1.72. The molecule has 1 aromatic carbocycles. The summed E-state index contributed by atoms with van der Waals surface area (Å²) in [7, 11) is 0. The number of hydrogen-bond acceptors (Lipinski definition) is 3. The summed E-state index contributed by atoms with van der Waals surface area (Å²) in [5, 5.41) is 13.9. The molecule has 0 fully saturated rings. The third-order valence-corrected chi connectivity index (χ3v) is 3.19. The third kappa shape index (κ3) is 4.92. The molecular formula is C13H20Cl2N2O. The third-order valence-electron chi connectivity index (χ3n) is 2.47. The first-order valence-corrected chi connectivity index (χ1v) is 6.61. The minimum absolute atomic E-state index is 0.0876. The highest BCUT2D eigenvalue weighted by molar-refractivity contribution is 6.42. The second-order valence-corrected chi connectivity index (χ2v) is 6.47. The van der Waals surface area contributed by atoms with E-state index in [0.29, 0.717) is 34.4 Å². The van der Waals surface area contributed by atoms with Crippen LogP contribution in [-0.2, 0) is 0 Å². The Morgan fingerprint density at radius 1 is 1.28 bits per heavy atom. The van der Waals surface area contributed by atoms with Crippen molar-refractivity contribution in [2.45, 2.75) is 33.3 Å². The van der Waals surface area contributed by atoms with Gasteiger partial charge in [0.05, 0.1) is 27.5 Å². The number of halogens is 2. The van der Waals surface area contributed by atoms with Gasteiger partial charge < -0.3 is 16.2 Å². The molecule has 1 atom stereocenters. The van der Waals surface area contributed by atoms with Gasteiger partial charge in [0.1, 0.15) is 0 Å². The zero-order chi connectivity index (χ0) is 13.9. The second-order valence-electron chi connectivity index (χ2n) is 5.65. The van der Waals surface area contributed by atoms with E-state index in [1.807, 2.05) is 0 Å². The SMILES string of the molecule is CC(C)(C)CC(O)CNc1cc(Cl)c(Cl)cc1N. The average Bonchev–Trinajstić information content (AvgIpc) is 2.19. The first-order valence-electron chi connectivity index (χ1n) is 5.85. The molecule has 0 aromatic heterocycles. The van der Waals surface area contributed by atoms with E-state index in [4.69, 9.17) is 28.9 Å². The molecule has 1 rings (SSSR count). The molecule has 18 heavy (non-hydrogen) atoms. The van der Waals surface area contributed by atoms with Gasteiger partial charge in [0.15, 0.2) is 0 Å². The molecule has 1 unspecified atom stereocenters. The maximum atomic E-state index is 9.90. The van der Waals surface area contributed by atoms with E-state index < -0.39 is 6.10 Å². The van der Waals surface area contributed by atoms with E-state index >= 15 is 0 Å². The Kier molecular flexibility index (Phi) is 5.14. The topological polar surface area (TPSA) is 58.3 Å². The number of hydrogen-bond donors (Lipinski definition) is 3.